The van der Waals surface area contributed by atoms with E-state index in [2.05, 4.69) is 10.1 Å². The summed E-state index contributed by atoms with van der Waals surface area (Å²) in [7, 11) is 1.32. The van der Waals surface area contributed by atoms with Crippen LogP contribution < -0.4 is 10.1 Å². The highest BCUT2D eigenvalue weighted by atomic mass is 16.5. The number of amides is 1. The summed E-state index contributed by atoms with van der Waals surface area (Å²) in [5, 5.41) is 2.76. The molecule has 0 heterocycles. The molecule has 24 heavy (non-hydrogen) atoms. The molecular weight excluding hydrogens is 306 g/mol. The van der Waals surface area contributed by atoms with E-state index in [0.29, 0.717) is 17.0 Å². The molecule has 2 aromatic rings. The summed E-state index contributed by atoms with van der Waals surface area (Å²) in [6.07, 6.45) is -0.647. The van der Waals surface area contributed by atoms with E-state index in [-0.39, 0.29) is 5.91 Å². The standard InChI is InChI=1S/C19H21NO4/c1-12-5-6-13(2)17(11-12)24-14(3)18(21)20-16-9-7-15(8-10-16)19(22)23-4/h5-11,14H,1-4H3,(H,20,21)/t14-/m1/s1. The Kier molecular flexibility index (Phi) is 5.58. The molecule has 5 heteroatoms. The highest BCUT2D eigenvalue weighted by molar-refractivity contribution is 5.95. The van der Waals surface area contributed by atoms with Gasteiger partial charge in [0, 0.05) is 5.69 Å². The fraction of sp³-hybridized carbons (Fsp3) is 0.263. The molecule has 0 saturated heterocycles. The molecule has 0 unspecified atom stereocenters. The Morgan fingerprint density at radius 3 is 2.33 bits per heavy atom. The number of aryl methyl sites for hydroxylation is 2. The summed E-state index contributed by atoms with van der Waals surface area (Å²) in [4.78, 5) is 23.6. The van der Waals surface area contributed by atoms with E-state index in [0.717, 1.165) is 11.1 Å². The van der Waals surface area contributed by atoms with Crippen molar-refractivity contribution in [3.63, 3.8) is 0 Å². The van der Waals surface area contributed by atoms with Gasteiger partial charge in [-0.3, -0.25) is 4.79 Å². The third-order valence-corrected chi connectivity index (χ3v) is 3.59. The minimum atomic E-state index is -0.647. The quantitative estimate of drug-likeness (QED) is 0.854. The molecule has 5 nitrogen and oxygen atoms in total. The Morgan fingerprint density at radius 1 is 1.04 bits per heavy atom. The number of hydrogen-bond acceptors (Lipinski definition) is 4. The van der Waals surface area contributed by atoms with Gasteiger partial charge >= 0.3 is 5.97 Å². The summed E-state index contributed by atoms with van der Waals surface area (Å²) in [6, 6.07) is 12.3. The third-order valence-electron chi connectivity index (χ3n) is 3.59. The average Bonchev–Trinajstić information content (AvgIpc) is 2.58. The number of hydrogen-bond donors (Lipinski definition) is 1. The maximum atomic E-state index is 12.3. The van der Waals surface area contributed by atoms with Crippen molar-refractivity contribution in [1.29, 1.82) is 0 Å². The van der Waals surface area contributed by atoms with Crippen LogP contribution in [0.5, 0.6) is 5.75 Å². The fourth-order valence-corrected chi connectivity index (χ4v) is 2.13. The zero-order chi connectivity index (χ0) is 17.7. The molecule has 0 aliphatic carbocycles. The lowest BCUT2D eigenvalue weighted by atomic mass is 10.1. The largest absolute Gasteiger partial charge is 0.481 e. The number of carbonyl (C=O) groups is 2. The van der Waals surface area contributed by atoms with E-state index in [9.17, 15) is 9.59 Å². The van der Waals surface area contributed by atoms with Crippen LogP contribution in [0, 0.1) is 13.8 Å². The Balaban J connectivity index is 2.01. The summed E-state index contributed by atoms with van der Waals surface area (Å²) in [6.45, 7) is 5.60. The van der Waals surface area contributed by atoms with Crippen LogP contribution in [0.15, 0.2) is 42.5 Å². The maximum Gasteiger partial charge on any atom is 0.337 e. The molecule has 1 atom stereocenters. The smallest absolute Gasteiger partial charge is 0.337 e. The lowest BCUT2D eigenvalue weighted by molar-refractivity contribution is -0.122. The van der Waals surface area contributed by atoms with Crippen molar-refractivity contribution in [2.45, 2.75) is 26.9 Å². The minimum absolute atomic E-state index is 0.262. The highest BCUT2D eigenvalue weighted by Gasteiger charge is 2.16. The molecule has 126 valence electrons. The number of rotatable bonds is 5. The molecule has 0 spiro atoms. The molecule has 0 saturated carbocycles. The van der Waals surface area contributed by atoms with Crippen LogP contribution in [0.4, 0.5) is 5.69 Å². The molecule has 0 aliphatic heterocycles. The summed E-state index contributed by atoms with van der Waals surface area (Å²) in [5.41, 5.74) is 3.06. The lowest BCUT2D eigenvalue weighted by Gasteiger charge is -2.17. The maximum absolute atomic E-state index is 12.3. The van der Waals surface area contributed by atoms with Crippen LogP contribution in [0.2, 0.25) is 0 Å². The van der Waals surface area contributed by atoms with E-state index < -0.39 is 12.1 Å². The van der Waals surface area contributed by atoms with Crippen molar-refractivity contribution in [2.75, 3.05) is 12.4 Å². The van der Waals surface area contributed by atoms with Crippen molar-refractivity contribution in [1.82, 2.24) is 0 Å². The average molecular weight is 327 g/mol. The predicted octanol–water partition coefficient (Wildman–Crippen LogP) is 3.50. The van der Waals surface area contributed by atoms with Crippen molar-refractivity contribution >= 4 is 17.6 Å². The monoisotopic (exact) mass is 327 g/mol. The van der Waals surface area contributed by atoms with E-state index in [1.165, 1.54) is 7.11 Å². The van der Waals surface area contributed by atoms with Crippen molar-refractivity contribution in [3.8, 4) is 5.75 Å². The molecule has 1 N–H and O–H groups in total. The van der Waals surface area contributed by atoms with Gasteiger partial charge in [-0.2, -0.15) is 0 Å². The first-order valence-electron chi connectivity index (χ1n) is 7.64. The summed E-state index contributed by atoms with van der Waals surface area (Å²) < 4.78 is 10.4. The fourth-order valence-electron chi connectivity index (χ4n) is 2.13. The molecular formula is C19H21NO4. The van der Waals surface area contributed by atoms with Gasteiger partial charge in [-0.05, 0) is 62.2 Å². The number of methoxy groups -OCH3 is 1. The Bertz CT molecular complexity index is 738. The topological polar surface area (TPSA) is 64.6 Å². The number of ether oxygens (including phenoxy) is 2. The second kappa shape index (κ2) is 7.64. The first-order valence-corrected chi connectivity index (χ1v) is 7.64. The van der Waals surface area contributed by atoms with Crippen LogP contribution >= 0.6 is 0 Å². The summed E-state index contributed by atoms with van der Waals surface area (Å²) >= 11 is 0. The van der Waals surface area contributed by atoms with Crippen LogP contribution in [0.1, 0.15) is 28.4 Å². The second-order valence-corrected chi connectivity index (χ2v) is 5.59. The lowest BCUT2D eigenvalue weighted by Crippen LogP contribution is -2.30. The van der Waals surface area contributed by atoms with Gasteiger partial charge in [0.05, 0.1) is 12.7 Å². The van der Waals surface area contributed by atoms with Gasteiger partial charge in [-0.25, -0.2) is 4.79 Å². The van der Waals surface area contributed by atoms with Gasteiger partial charge in [-0.15, -0.1) is 0 Å². The SMILES string of the molecule is COC(=O)c1ccc(NC(=O)[C@@H](C)Oc2cc(C)ccc2C)cc1. The van der Waals surface area contributed by atoms with Crippen LogP contribution in [0.25, 0.3) is 0 Å². The van der Waals surface area contributed by atoms with Crippen molar-refractivity contribution in [3.05, 3.63) is 59.2 Å². The minimum Gasteiger partial charge on any atom is -0.481 e. The van der Waals surface area contributed by atoms with Gasteiger partial charge in [-0.1, -0.05) is 12.1 Å². The molecule has 0 aliphatic rings. The van der Waals surface area contributed by atoms with Gasteiger partial charge in [0.2, 0.25) is 0 Å². The number of nitrogens with one attached hydrogen (secondary N) is 1. The Labute approximate surface area is 141 Å². The zero-order valence-electron chi connectivity index (χ0n) is 14.3. The van der Waals surface area contributed by atoms with Gasteiger partial charge in [0.15, 0.2) is 6.10 Å². The Hall–Kier alpha value is -2.82. The molecule has 2 rings (SSSR count). The van der Waals surface area contributed by atoms with Gasteiger partial charge < -0.3 is 14.8 Å². The molecule has 0 radical (unpaired) electrons. The molecule has 2 aromatic carbocycles. The van der Waals surface area contributed by atoms with E-state index in [1.807, 2.05) is 32.0 Å². The molecule has 0 fully saturated rings. The number of anilines is 1. The van der Waals surface area contributed by atoms with Crippen LogP contribution in [-0.4, -0.2) is 25.1 Å². The third kappa shape index (κ3) is 4.35. The Morgan fingerprint density at radius 2 is 1.71 bits per heavy atom. The second-order valence-electron chi connectivity index (χ2n) is 5.59. The number of esters is 1. The number of benzene rings is 2. The van der Waals surface area contributed by atoms with E-state index in [1.54, 1.807) is 31.2 Å². The normalized spacial score (nSPS) is 11.5. The van der Waals surface area contributed by atoms with Gasteiger partial charge in [0.1, 0.15) is 5.75 Å². The molecule has 0 bridgehead atoms. The first kappa shape index (κ1) is 17.5. The molecule has 1 amide bonds. The van der Waals surface area contributed by atoms with Crippen LogP contribution in [-0.2, 0) is 9.53 Å². The van der Waals surface area contributed by atoms with Crippen molar-refractivity contribution < 1.29 is 19.1 Å². The van der Waals surface area contributed by atoms with E-state index >= 15 is 0 Å². The van der Waals surface area contributed by atoms with Crippen LogP contribution in [0.3, 0.4) is 0 Å². The zero-order valence-corrected chi connectivity index (χ0v) is 14.3. The van der Waals surface area contributed by atoms with Crippen molar-refractivity contribution in [2.24, 2.45) is 0 Å². The summed E-state index contributed by atoms with van der Waals surface area (Å²) in [5.74, 6) is 0.0138. The van der Waals surface area contributed by atoms with E-state index in [4.69, 9.17) is 4.74 Å². The number of carbonyl (C=O) groups excluding carboxylic acids is 2. The van der Waals surface area contributed by atoms with Gasteiger partial charge in [0.25, 0.3) is 5.91 Å². The highest BCUT2D eigenvalue weighted by Crippen LogP contribution is 2.21. The molecule has 0 aromatic heterocycles. The first-order chi connectivity index (χ1) is 11.4. The predicted molar refractivity (Wildman–Crippen MR) is 92.4 cm³/mol.